The molecule has 0 aliphatic carbocycles. The number of nitrogens with one attached hydrogen (secondary N) is 1. The van der Waals surface area contributed by atoms with Crippen LogP contribution in [-0.4, -0.2) is 21.2 Å². The molecule has 1 aromatic rings. The molecule has 0 amide bonds. The highest BCUT2D eigenvalue weighted by Crippen LogP contribution is 2.28. The molecule has 0 spiro atoms. The maximum Gasteiger partial charge on any atom is 0.333 e. The Hall–Kier alpha value is -1.56. The molecule has 1 heterocycles. The van der Waals surface area contributed by atoms with Crippen molar-refractivity contribution in [2.75, 3.05) is 11.9 Å². The van der Waals surface area contributed by atoms with E-state index in [1.54, 1.807) is 7.05 Å². The van der Waals surface area contributed by atoms with E-state index in [0.717, 1.165) is 0 Å². The van der Waals surface area contributed by atoms with Gasteiger partial charge in [-0.15, -0.1) is 0 Å². The van der Waals surface area contributed by atoms with E-state index in [0.29, 0.717) is 23.0 Å². The third-order valence-corrected chi connectivity index (χ3v) is 2.19. The van der Waals surface area contributed by atoms with Crippen LogP contribution in [0.2, 0.25) is 0 Å². The normalized spacial score (nSPS) is 10.2. The number of aromatic nitrogens is 2. The topological polar surface area (TPSA) is 73.0 Å². The molecule has 0 saturated carbocycles. The summed E-state index contributed by atoms with van der Waals surface area (Å²) < 4.78 is 1.44. The van der Waals surface area contributed by atoms with E-state index in [9.17, 15) is 10.1 Å². The predicted octanol–water partition coefficient (Wildman–Crippen LogP) is 2.06. The van der Waals surface area contributed by atoms with Crippen molar-refractivity contribution in [3.05, 3.63) is 27.4 Å². The third-order valence-electron chi connectivity index (χ3n) is 2.06. The van der Waals surface area contributed by atoms with Gasteiger partial charge in [-0.2, -0.15) is 5.10 Å². The molecular weight excluding hydrogens is 232 g/mol. The van der Waals surface area contributed by atoms with Gasteiger partial charge in [0.05, 0.1) is 11.5 Å². The third kappa shape index (κ3) is 2.52. The molecule has 0 saturated heterocycles. The maximum atomic E-state index is 10.9. The van der Waals surface area contributed by atoms with E-state index in [2.05, 4.69) is 17.0 Å². The minimum absolute atomic E-state index is 0.00270. The quantitative estimate of drug-likeness (QED) is 0.636. The van der Waals surface area contributed by atoms with E-state index in [1.807, 2.05) is 6.92 Å². The number of halogens is 1. The van der Waals surface area contributed by atoms with Crippen LogP contribution in [0.1, 0.15) is 12.6 Å². The predicted molar refractivity (Wildman–Crippen MR) is 62.7 cm³/mol. The van der Waals surface area contributed by atoms with Gasteiger partial charge in [-0.1, -0.05) is 25.1 Å². The first kappa shape index (κ1) is 12.5. The Bertz CT molecular complexity index is 427. The fourth-order valence-electron chi connectivity index (χ4n) is 1.38. The molecular formula is C9H13ClN4O2. The molecule has 16 heavy (non-hydrogen) atoms. The summed E-state index contributed by atoms with van der Waals surface area (Å²) in [6.07, 6.45) is 0.508. The molecule has 6 nitrogen and oxygen atoms in total. The van der Waals surface area contributed by atoms with Gasteiger partial charge in [0.2, 0.25) is 5.82 Å². The first-order chi connectivity index (χ1) is 7.47. The monoisotopic (exact) mass is 244 g/mol. The Labute approximate surface area is 98.0 Å². The van der Waals surface area contributed by atoms with Crippen LogP contribution in [0.5, 0.6) is 0 Å². The summed E-state index contributed by atoms with van der Waals surface area (Å²) >= 11 is 5.60. The molecule has 0 bridgehead atoms. The fraction of sp³-hybridized carbons (Fsp3) is 0.444. The summed E-state index contributed by atoms with van der Waals surface area (Å²) in [5.41, 5.74) is 0.457. The van der Waals surface area contributed by atoms with E-state index in [-0.39, 0.29) is 12.2 Å². The van der Waals surface area contributed by atoms with Crippen LogP contribution in [0.3, 0.4) is 0 Å². The molecule has 1 N–H and O–H groups in total. The standard InChI is InChI=1S/C9H13ClN4O2/c1-4-7-8(14(15)16)9(13(3)12-7)11-5-6(2)10/h11H,2,4-5H2,1,3H3. The van der Waals surface area contributed by atoms with Gasteiger partial charge in [0.15, 0.2) is 0 Å². The van der Waals surface area contributed by atoms with Gasteiger partial charge in [0, 0.05) is 12.1 Å². The Kier molecular flexibility index (Phi) is 3.89. The number of aryl methyl sites for hydroxylation is 2. The summed E-state index contributed by atoms with van der Waals surface area (Å²) in [5, 5.41) is 18.2. The van der Waals surface area contributed by atoms with Gasteiger partial charge >= 0.3 is 5.69 Å². The molecule has 0 aliphatic heterocycles. The fourth-order valence-corrected chi connectivity index (χ4v) is 1.44. The first-order valence-corrected chi connectivity index (χ1v) is 5.12. The lowest BCUT2D eigenvalue weighted by Crippen LogP contribution is -2.07. The van der Waals surface area contributed by atoms with Crippen LogP contribution in [0, 0.1) is 10.1 Å². The molecule has 1 aromatic heterocycles. The van der Waals surface area contributed by atoms with Crippen molar-refractivity contribution in [3.8, 4) is 0 Å². The highest BCUT2D eigenvalue weighted by molar-refractivity contribution is 6.29. The summed E-state index contributed by atoms with van der Waals surface area (Å²) in [6.45, 7) is 5.59. The number of anilines is 1. The van der Waals surface area contributed by atoms with Gasteiger partial charge in [0.25, 0.3) is 0 Å². The lowest BCUT2D eigenvalue weighted by atomic mass is 10.3. The van der Waals surface area contributed by atoms with Gasteiger partial charge in [0.1, 0.15) is 5.69 Å². The Morgan fingerprint density at radius 2 is 2.38 bits per heavy atom. The Morgan fingerprint density at radius 1 is 1.75 bits per heavy atom. The van der Waals surface area contributed by atoms with Crippen molar-refractivity contribution in [2.24, 2.45) is 7.05 Å². The van der Waals surface area contributed by atoms with E-state index < -0.39 is 4.92 Å². The largest absolute Gasteiger partial charge is 0.360 e. The molecule has 88 valence electrons. The second-order valence-corrected chi connectivity index (χ2v) is 3.78. The van der Waals surface area contributed by atoms with Crippen LogP contribution >= 0.6 is 11.6 Å². The Morgan fingerprint density at radius 3 is 2.81 bits per heavy atom. The minimum Gasteiger partial charge on any atom is -0.360 e. The summed E-state index contributed by atoms with van der Waals surface area (Å²) in [4.78, 5) is 10.5. The molecule has 0 atom stereocenters. The van der Waals surface area contributed by atoms with Crippen molar-refractivity contribution in [1.82, 2.24) is 9.78 Å². The lowest BCUT2D eigenvalue weighted by molar-refractivity contribution is -0.384. The average molecular weight is 245 g/mol. The highest BCUT2D eigenvalue weighted by Gasteiger charge is 2.25. The SMILES string of the molecule is C=C(Cl)CNc1c([N+](=O)[O-])c(CC)nn1C. The summed E-state index contributed by atoms with van der Waals surface area (Å²) in [5.74, 6) is 0.351. The zero-order valence-corrected chi connectivity index (χ0v) is 9.91. The van der Waals surface area contributed by atoms with Gasteiger partial charge in [-0.25, -0.2) is 4.68 Å². The number of nitrogens with zero attached hydrogens (tertiary/aromatic N) is 3. The average Bonchev–Trinajstić information content (AvgIpc) is 2.51. The molecule has 7 heteroatoms. The molecule has 0 unspecified atom stereocenters. The molecule has 1 rings (SSSR count). The number of hydrogen-bond acceptors (Lipinski definition) is 4. The lowest BCUT2D eigenvalue weighted by Gasteiger charge is -2.03. The van der Waals surface area contributed by atoms with Gasteiger partial charge in [-0.05, 0) is 6.42 Å². The second kappa shape index (κ2) is 4.98. The first-order valence-electron chi connectivity index (χ1n) is 4.74. The summed E-state index contributed by atoms with van der Waals surface area (Å²) in [7, 11) is 1.64. The van der Waals surface area contributed by atoms with E-state index in [1.165, 1.54) is 4.68 Å². The van der Waals surface area contributed by atoms with Crippen molar-refractivity contribution in [1.29, 1.82) is 0 Å². The van der Waals surface area contributed by atoms with Crippen molar-refractivity contribution in [3.63, 3.8) is 0 Å². The molecule has 0 aliphatic rings. The van der Waals surface area contributed by atoms with Crippen molar-refractivity contribution < 1.29 is 4.92 Å². The van der Waals surface area contributed by atoms with Gasteiger partial charge < -0.3 is 5.32 Å². The van der Waals surface area contributed by atoms with Crippen LogP contribution < -0.4 is 5.32 Å². The van der Waals surface area contributed by atoms with Crippen LogP contribution in [0.15, 0.2) is 11.6 Å². The highest BCUT2D eigenvalue weighted by atomic mass is 35.5. The maximum absolute atomic E-state index is 10.9. The van der Waals surface area contributed by atoms with Crippen LogP contribution in [0.4, 0.5) is 11.5 Å². The zero-order valence-electron chi connectivity index (χ0n) is 9.16. The molecule has 0 aromatic carbocycles. The van der Waals surface area contributed by atoms with Crippen LogP contribution in [-0.2, 0) is 13.5 Å². The molecule has 0 radical (unpaired) electrons. The number of rotatable bonds is 5. The second-order valence-electron chi connectivity index (χ2n) is 3.25. The smallest absolute Gasteiger partial charge is 0.333 e. The minimum atomic E-state index is -0.439. The zero-order chi connectivity index (χ0) is 12.3. The summed E-state index contributed by atoms with van der Waals surface area (Å²) in [6, 6.07) is 0. The van der Waals surface area contributed by atoms with Crippen molar-refractivity contribution >= 4 is 23.1 Å². The molecule has 0 fully saturated rings. The van der Waals surface area contributed by atoms with Crippen LogP contribution in [0.25, 0.3) is 0 Å². The Balaban J connectivity index is 3.10. The number of hydrogen-bond donors (Lipinski definition) is 1. The van der Waals surface area contributed by atoms with Gasteiger partial charge in [-0.3, -0.25) is 10.1 Å². The number of nitro groups is 1. The van der Waals surface area contributed by atoms with E-state index >= 15 is 0 Å². The van der Waals surface area contributed by atoms with E-state index in [4.69, 9.17) is 11.6 Å². The van der Waals surface area contributed by atoms with Crippen molar-refractivity contribution in [2.45, 2.75) is 13.3 Å².